The van der Waals surface area contributed by atoms with Crippen molar-refractivity contribution in [2.75, 3.05) is 19.0 Å². The Labute approximate surface area is 165 Å². The number of nitrogens with one attached hydrogen (secondary N) is 1. The van der Waals surface area contributed by atoms with Crippen molar-refractivity contribution >= 4 is 34.2 Å². The molecule has 0 aliphatic rings. The first-order chi connectivity index (χ1) is 13.2. The molecule has 9 heteroatoms. The quantitative estimate of drug-likeness (QED) is 0.706. The number of methoxy groups -OCH3 is 1. The van der Waals surface area contributed by atoms with Crippen LogP contribution in [0.5, 0.6) is 5.75 Å². The first-order valence-electron chi connectivity index (χ1n) is 8.30. The van der Waals surface area contributed by atoms with Gasteiger partial charge in [-0.1, -0.05) is 0 Å². The Balaban J connectivity index is 1.91. The van der Waals surface area contributed by atoms with E-state index in [1.54, 1.807) is 6.92 Å². The fourth-order valence-electron chi connectivity index (χ4n) is 2.25. The highest BCUT2D eigenvalue weighted by Crippen LogP contribution is 2.32. The van der Waals surface area contributed by atoms with Crippen LogP contribution in [0, 0.1) is 19.7 Å². The summed E-state index contributed by atoms with van der Waals surface area (Å²) in [5.41, 5.74) is 0.989. The van der Waals surface area contributed by atoms with E-state index in [0.29, 0.717) is 16.3 Å². The molecule has 0 saturated carbocycles. The van der Waals surface area contributed by atoms with Crippen LogP contribution in [-0.2, 0) is 19.1 Å². The summed E-state index contributed by atoms with van der Waals surface area (Å²) in [6, 6.07) is 5.15. The van der Waals surface area contributed by atoms with Gasteiger partial charge in [0.1, 0.15) is 16.6 Å². The van der Waals surface area contributed by atoms with Crippen LogP contribution in [0.3, 0.4) is 0 Å². The van der Waals surface area contributed by atoms with Crippen molar-refractivity contribution in [3.8, 4) is 5.75 Å². The SMILES string of the molecule is COC(=O)c1c(NC(=O)COC(=O)[C@@H](C)Oc2ccc(F)cc2)sc(C)c1C. The lowest BCUT2D eigenvalue weighted by atomic mass is 10.1. The van der Waals surface area contributed by atoms with Crippen LogP contribution < -0.4 is 10.1 Å². The molecule has 1 aromatic carbocycles. The number of benzene rings is 1. The molecule has 1 atom stereocenters. The van der Waals surface area contributed by atoms with Gasteiger partial charge in [0.25, 0.3) is 5.91 Å². The summed E-state index contributed by atoms with van der Waals surface area (Å²) in [5.74, 6) is -2.05. The van der Waals surface area contributed by atoms with Crippen LogP contribution in [0.15, 0.2) is 24.3 Å². The third-order valence-corrected chi connectivity index (χ3v) is 4.95. The number of hydrogen-bond donors (Lipinski definition) is 1. The van der Waals surface area contributed by atoms with Crippen molar-refractivity contribution in [1.29, 1.82) is 0 Å². The van der Waals surface area contributed by atoms with E-state index in [0.717, 1.165) is 4.88 Å². The first kappa shape index (κ1) is 21.4. The second kappa shape index (κ2) is 9.32. The van der Waals surface area contributed by atoms with Crippen LogP contribution in [0.4, 0.5) is 9.39 Å². The molecule has 0 aliphatic heterocycles. The zero-order valence-electron chi connectivity index (χ0n) is 15.8. The van der Waals surface area contributed by atoms with Gasteiger partial charge in [0.05, 0.1) is 12.7 Å². The molecule has 0 aliphatic carbocycles. The zero-order chi connectivity index (χ0) is 20.8. The van der Waals surface area contributed by atoms with Crippen LogP contribution >= 0.6 is 11.3 Å². The van der Waals surface area contributed by atoms with Crippen molar-refractivity contribution in [3.05, 3.63) is 46.1 Å². The minimum atomic E-state index is -0.991. The van der Waals surface area contributed by atoms with Gasteiger partial charge in [-0.25, -0.2) is 14.0 Å². The van der Waals surface area contributed by atoms with Crippen molar-refractivity contribution in [2.45, 2.75) is 26.9 Å². The molecule has 150 valence electrons. The number of anilines is 1. The monoisotopic (exact) mass is 409 g/mol. The standard InChI is InChI=1S/C19H20FNO6S/c1-10-12(3)28-17(16(10)19(24)25-4)21-15(22)9-26-18(23)11(2)27-14-7-5-13(20)6-8-14/h5-8,11H,9H2,1-4H3,(H,21,22)/t11-/m1/s1. The molecule has 1 aromatic heterocycles. The lowest BCUT2D eigenvalue weighted by molar-refractivity contribution is -0.153. The summed E-state index contributed by atoms with van der Waals surface area (Å²) in [4.78, 5) is 36.8. The Morgan fingerprint density at radius 1 is 1.18 bits per heavy atom. The Hall–Kier alpha value is -2.94. The van der Waals surface area contributed by atoms with Gasteiger partial charge in [-0.15, -0.1) is 11.3 Å². The number of thiophene rings is 1. The fourth-order valence-corrected chi connectivity index (χ4v) is 3.31. The lowest BCUT2D eigenvalue weighted by Gasteiger charge is -2.14. The van der Waals surface area contributed by atoms with E-state index in [4.69, 9.17) is 14.2 Å². The minimum absolute atomic E-state index is 0.276. The summed E-state index contributed by atoms with van der Waals surface area (Å²) >= 11 is 1.23. The number of aryl methyl sites for hydroxylation is 1. The molecule has 1 N–H and O–H groups in total. The molecule has 0 spiro atoms. The van der Waals surface area contributed by atoms with Crippen molar-refractivity contribution < 1.29 is 33.0 Å². The van der Waals surface area contributed by atoms with E-state index in [9.17, 15) is 18.8 Å². The third kappa shape index (κ3) is 5.29. The van der Waals surface area contributed by atoms with Gasteiger partial charge < -0.3 is 19.5 Å². The number of carbonyl (C=O) groups excluding carboxylic acids is 3. The topological polar surface area (TPSA) is 90.9 Å². The van der Waals surface area contributed by atoms with Crippen LogP contribution in [0.2, 0.25) is 0 Å². The van der Waals surface area contributed by atoms with Crippen molar-refractivity contribution in [3.63, 3.8) is 0 Å². The van der Waals surface area contributed by atoms with E-state index < -0.39 is 36.4 Å². The first-order valence-corrected chi connectivity index (χ1v) is 9.11. The molecule has 0 saturated heterocycles. The fraction of sp³-hybridized carbons (Fsp3) is 0.316. The average Bonchev–Trinajstić information content (AvgIpc) is 2.94. The predicted molar refractivity (Wildman–Crippen MR) is 101 cm³/mol. The highest BCUT2D eigenvalue weighted by Gasteiger charge is 2.23. The molecule has 0 bridgehead atoms. The third-order valence-electron chi connectivity index (χ3n) is 3.83. The van der Waals surface area contributed by atoms with Gasteiger partial charge in [-0.05, 0) is 50.6 Å². The zero-order valence-corrected chi connectivity index (χ0v) is 16.6. The smallest absolute Gasteiger partial charge is 0.347 e. The Morgan fingerprint density at radius 2 is 1.82 bits per heavy atom. The maximum absolute atomic E-state index is 12.9. The van der Waals surface area contributed by atoms with Crippen molar-refractivity contribution in [2.24, 2.45) is 0 Å². The molecule has 2 aromatic rings. The minimum Gasteiger partial charge on any atom is -0.479 e. The van der Waals surface area contributed by atoms with Gasteiger partial charge in [-0.2, -0.15) is 0 Å². The number of ether oxygens (including phenoxy) is 3. The van der Waals surface area contributed by atoms with Crippen LogP contribution in [0.1, 0.15) is 27.7 Å². The highest BCUT2D eigenvalue weighted by molar-refractivity contribution is 7.16. The molecule has 7 nitrogen and oxygen atoms in total. The Morgan fingerprint density at radius 3 is 2.43 bits per heavy atom. The normalized spacial score (nSPS) is 11.5. The summed E-state index contributed by atoms with van der Waals surface area (Å²) in [6.07, 6.45) is -0.991. The number of carbonyl (C=O) groups is 3. The molecule has 1 amide bonds. The second-order valence-corrected chi connectivity index (χ2v) is 7.07. The second-order valence-electron chi connectivity index (χ2n) is 5.85. The summed E-state index contributed by atoms with van der Waals surface area (Å²) in [6.45, 7) is 4.47. The van der Waals surface area contributed by atoms with Crippen LogP contribution in [0.25, 0.3) is 0 Å². The van der Waals surface area contributed by atoms with E-state index in [1.807, 2.05) is 6.92 Å². The molecular weight excluding hydrogens is 389 g/mol. The predicted octanol–water partition coefficient (Wildman–Crippen LogP) is 3.24. The summed E-state index contributed by atoms with van der Waals surface area (Å²) in [7, 11) is 1.25. The van der Waals surface area contributed by atoms with Crippen molar-refractivity contribution in [1.82, 2.24) is 0 Å². The van der Waals surface area contributed by atoms with Gasteiger partial charge in [0, 0.05) is 4.88 Å². The maximum atomic E-state index is 12.9. The molecule has 2 rings (SSSR count). The number of esters is 2. The Bertz CT molecular complexity index is 877. The number of amides is 1. The maximum Gasteiger partial charge on any atom is 0.347 e. The number of halogens is 1. The van der Waals surface area contributed by atoms with Gasteiger partial charge >= 0.3 is 11.9 Å². The molecule has 0 fully saturated rings. The van der Waals surface area contributed by atoms with E-state index in [-0.39, 0.29) is 5.56 Å². The largest absolute Gasteiger partial charge is 0.479 e. The highest BCUT2D eigenvalue weighted by atomic mass is 32.1. The molecule has 28 heavy (non-hydrogen) atoms. The molecule has 0 unspecified atom stereocenters. The van der Waals surface area contributed by atoms with Gasteiger partial charge in [-0.3, -0.25) is 4.79 Å². The molecule has 1 heterocycles. The number of rotatable bonds is 7. The average molecular weight is 409 g/mol. The van der Waals surface area contributed by atoms with Gasteiger partial charge in [0.15, 0.2) is 12.7 Å². The molecule has 0 radical (unpaired) electrons. The van der Waals surface area contributed by atoms with E-state index in [1.165, 1.54) is 49.6 Å². The van der Waals surface area contributed by atoms with E-state index >= 15 is 0 Å². The van der Waals surface area contributed by atoms with E-state index in [2.05, 4.69) is 5.32 Å². The number of hydrogen-bond acceptors (Lipinski definition) is 7. The lowest BCUT2D eigenvalue weighted by Crippen LogP contribution is -2.29. The molecular formula is C19H20FNO6S. The summed E-state index contributed by atoms with van der Waals surface area (Å²) in [5, 5.41) is 2.89. The van der Waals surface area contributed by atoms with Gasteiger partial charge in [0.2, 0.25) is 0 Å². The Kier molecular flexibility index (Phi) is 7.11. The summed E-state index contributed by atoms with van der Waals surface area (Å²) < 4.78 is 27.9. The van der Waals surface area contributed by atoms with Crippen LogP contribution in [-0.4, -0.2) is 37.7 Å².